The Morgan fingerprint density at radius 1 is 1.10 bits per heavy atom. The van der Waals surface area contributed by atoms with Crippen molar-refractivity contribution < 1.29 is 4.74 Å². The maximum absolute atomic E-state index is 9.78. The summed E-state index contributed by atoms with van der Waals surface area (Å²) in [7, 11) is 0. The third-order valence-corrected chi connectivity index (χ3v) is 5.50. The molecule has 0 aliphatic heterocycles. The van der Waals surface area contributed by atoms with E-state index < -0.39 is 0 Å². The average molecular weight is 392 g/mol. The lowest BCUT2D eigenvalue weighted by Gasteiger charge is -2.14. The van der Waals surface area contributed by atoms with E-state index in [-0.39, 0.29) is 5.82 Å². The van der Waals surface area contributed by atoms with Crippen molar-refractivity contribution >= 4 is 33.8 Å². The predicted molar refractivity (Wildman–Crippen MR) is 119 cm³/mol. The number of aromatic nitrogens is 1. The molecule has 2 aromatic carbocycles. The standard InChI is InChI=1S/C25H20N4O/c1-4-30-22-10-9-16-7-5-6-8-17(16)19(22)11-18-14(2)20(12-26)24-23(18)15(3)21(13-27)25(28)29-24/h5-11H,4H2,1-3H3,(H2,28,29). The zero-order valence-electron chi connectivity index (χ0n) is 17.1. The van der Waals surface area contributed by atoms with Crippen LogP contribution >= 0.6 is 0 Å². The van der Waals surface area contributed by atoms with Crippen LogP contribution in [0.1, 0.15) is 41.8 Å². The van der Waals surface area contributed by atoms with Crippen LogP contribution in [-0.2, 0) is 0 Å². The minimum atomic E-state index is 0.149. The fourth-order valence-electron chi connectivity index (χ4n) is 4.05. The number of ether oxygens (including phenoxy) is 1. The highest BCUT2D eigenvalue weighted by Crippen LogP contribution is 2.45. The van der Waals surface area contributed by atoms with Crippen LogP contribution in [0.2, 0.25) is 0 Å². The first-order chi connectivity index (χ1) is 14.5. The Hall–Kier alpha value is -4.09. The number of nitriles is 2. The summed E-state index contributed by atoms with van der Waals surface area (Å²) in [6.07, 6.45) is 2.04. The lowest BCUT2D eigenvalue weighted by atomic mass is 9.94. The number of pyridine rings is 1. The van der Waals surface area contributed by atoms with Crippen molar-refractivity contribution in [1.82, 2.24) is 4.98 Å². The van der Waals surface area contributed by atoms with E-state index >= 15 is 0 Å². The number of allylic oxidation sites excluding steroid dienone is 3. The van der Waals surface area contributed by atoms with Crippen molar-refractivity contribution in [3.63, 3.8) is 0 Å². The Balaban J connectivity index is 2.09. The van der Waals surface area contributed by atoms with Gasteiger partial charge in [-0.05, 0) is 60.4 Å². The van der Waals surface area contributed by atoms with Gasteiger partial charge in [0.1, 0.15) is 23.7 Å². The molecule has 5 nitrogen and oxygen atoms in total. The third-order valence-electron chi connectivity index (χ3n) is 5.50. The molecule has 2 N–H and O–H groups in total. The monoisotopic (exact) mass is 392 g/mol. The molecular weight excluding hydrogens is 372 g/mol. The van der Waals surface area contributed by atoms with Gasteiger partial charge in [0.15, 0.2) is 0 Å². The molecular formula is C25H20N4O. The second kappa shape index (κ2) is 7.39. The normalized spacial score (nSPS) is 14.0. The summed E-state index contributed by atoms with van der Waals surface area (Å²) >= 11 is 0. The molecule has 5 heteroatoms. The molecule has 3 aromatic rings. The zero-order valence-corrected chi connectivity index (χ0v) is 17.1. The number of rotatable bonds is 3. The molecule has 0 fully saturated rings. The number of anilines is 1. The minimum Gasteiger partial charge on any atom is -0.493 e. The number of benzene rings is 2. The van der Waals surface area contributed by atoms with Crippen LogP contribution in [0, 0.1) is 29.6 Å². The zero-order chi connectivity index (χ0) is 21.4. The van der Waals surface area contributed by atoms with E-state index in [4.69, 9.17) is 10.5 Å². The van der Waals surface area contributed by atoms with E-state index in [1.807, 2.05) is 51.1 Å². The molecule has 0 atom stereocenters. The molecule has 0 amide bonds. The largest absolute Gasteiger partial charge is 0.493 e. The van der Waals surface area contributed by atoms with Gasteiger partial charge in [-0.1, -0.05) is 30.3 Å². The highest BCUT2D eigenvalue weighted by Gasteiger charge is 2.30. The first kappa shape index (κ1) is 19.2. The van der Waals surface area contributed by atoms with E-state index in [9.17, 15) is 10.5 Å². The number of fused-ring (bicyclic) bond motifs is 2. The quantitative estimate of drug-likeness (QED) is 0.657. The Kier molecular flexibility index (Phi) is 4.74. The van der Waals surface area contributed by atoms with Crippen LogP contribution in [-0.4, -0.2) is 11.6 Å². The second-order valence-electron chi connectivity index (χ2n) is 7.13. The van der Waals surface area contributed by atoms with E-state index in [0.717, 1.165) is 44.4 Å². The molecule has 0 unspecified atom stereocenters. The van der Waals surface area contributed by atoms with Crippen molar-refractivity contribution in [2.45, 2.75) is 20.8 Å². The van der Waals surface area contributed by atoms with Gasteiger partial charge >= 0.3 is 0 Å². The fourth-order valence-corrected chi connectivity index (χ4v) is 4.05. The molecule has 0 spiro atoms. The summed E-state index contributed by atoms with van der Waals surface area (Å²) in [5.41, 5.74) is 11.5. The number of hydrogen-bond acceptors (Lipinski definition) is 5. The molecule has 0 saturated carbocycles. The Morgan fingerprint density at radius 3 is 2.57 bits per heavy atom. The molecule has 30 heavy (non-hydrogen) atoms. The van der Waals surface area contributed by atoms with Crippen molar-refractivity contribution in [1.29, 1.82) is 10.5 Å². The van der Waals surface area contributed by atoms with Gasteiger partial charge in [0.25, 0.3) is 0 Å². The first-order valence-electron chi connectivity index (χ1n) is 9.70. The van der Waals surface area contributed by atoms with Gasteiger partial charge < -0.3 is 10.5 Å². The number of nitrogen functional groups attached to an aromatic ring is 1. The van der Waals surface area contributed by atoms with Gasteiger partial charge in [0.05, 0.1) is 23.4 Å². The molecule has 0 radical (unpaired) electrons. The Morgan fingerprint density at radius 2 is 1.87 bits per heavy atom. The predicted octanol–water partition coefficient (Wildman–Crippen LogP) is 5.25. The molecule has 1 aliphatic rings. The molecule has 1 aliphatic carbocycles. The van der Waals surface area contributed by atoms with Crippen molar-refractivity contribution in [2.75, 3.05) is 12.3 Å². The van der Waals surface area contributed by atoms with Crippen LogP contribution in [0.4, 0.5) is 5.82 Å². The van der Waals surface area contributed by atoms with Crippen LogP contribution in [0.5, 0.6) is 5.75 Å². The van der Waals surface area contributed by atoms with E-state index in [2.05, 4.69) is 29.3 Å². The van der Waals surface area contributed by atoms with Gasteiger partial charge in [-0.3, -0.25) is 0 Å². The maximum Gasteiger partial charge on any atom is 0.142 e. The lowest BCUT2D eigenvalue weighted by molar-refractivity contribution is 0.340. The van der Waals surface area contributed by atoms with Gasteiger partial charge in [-0.15, -0.1) is 0 Å². The topological polar surface area (TPSA) is 95.7 Å². The highest BCUT2D eigenvalue weighted by atomic mass is 16.5. The molecule has 0 saturated heterocycles. The fraction of sp³-hybridized carbons (Fsp3) is 0.160. The SMILES string of the molecule is CCOc1ccc2ccccc2c1C=C1C(C)=C(C#N)c2nc(N)c(C#N)c(C)c21. The molecule has 0 bridgehead atoms. The Labute approximate surface area is 175 Å². The summed E-state index contributed by atoms with van der Waals surface area (Å²) in [4.78, 5) is 4.40. The molecule has 4 rings (SSSR count). The number of nitrogens with zero attached hydrogens (tertiary/aromatic N) is 3. The van der Waals surface area contributed by atoms with Crippen LogP contribution in [0.25, 0.3) is 28.0 Å². The summed E-state index contributed by atoms with van der Waals surface area (Å²) in [6.45, 7) is 6.24. The van der Waals surface area contributed by atoms with Crippen LogP contribution < -0.4 is 10.5 Å². The summed E-state index contributed by atoms with van der Waals surface area (Å²) < 4.78 is 5.91. The van der Waals surface area contributed by atoms with E-state index in [0.29, 0.717) is 23.4 Å². The molecule has 1 heterocycles. The van der Waals surface area contributed by atoms with Crippen molar-refractivity contribution in [3.05, 3.63) is 69.9 Å². The smallest absolute Gasteiger partial charge is 0.142 e. The number of hydrogen-bond donors (Lipinski definition) is 1. The third kappa shape index (κ3) is 2.80. The van der Waals surface area contributed by atoms with E-state index in [1.165, 1.54) is 0 Å². The van der Waals surface area contributed by atoms with Crippen molar-refractivity contribution in [2.24, 2.45) is 0 Å². The first-order valence-corrected chi connectivity index (χ1v) is 9.70. The Bertz CT molecular complexity index is 1350. The van der Waals surface area contributed by atoms with Gasteiger partial charge in [0.2, 0.25) is 0 Å². The summed E-state index contributed by atoms with van der Waals surface area (Å²) in [6, 6.07) is 16.5. The lowest BCUT2D eigenvalue weighted by Crippen LogP contribution is -2.04. The summed E-state index contributed by atoms with van der Waals surface area (Å²) in [5.74, 6) is 0.917. The van der Waals surface area contributed by atoms with Crippen LogP contribution in [0.15, 0.2) is 42.0 Å². The summed E-state index contributed by atoms with van der Waals surface area (Å²) in [5, 5.41) is 21.5. The molecule has 1 aromatic heterocycles. The van der Waals surface area contributed by atoms with E-state index in [1.54, 1.807) is 0 Å². The van der Waals surface area contributed by atoms with Crippen LogP contribution in [0.3, 0.4) is 0 Å². The van der Waals surface area contributed by atoms with Crippen molar-refractivity contribution in [3.8, 4) is 17.9 Å². The maximum atomic E-state index is 9.78. The van der Waals surface area contributed by atoms with Gasteiger partial charge in [-0.2, -0.15) is 10.5 Å². The second-order valence-corrected chi connectivity index (χ2v) is 7.13. The average Bonchev–Trinajstić information content (AvgIpc) is 3.00. The number of nitrogens with two attached hydrogens (primary N) is 1. The molecule has 146 valence electrons. The van der Waals surface area contributed by atoms with Gasteiger partial charge in [0, 0.05) is 11.1 Å². The highest BCUT2D eigenvalue weighted by molar-refractivity contribution is 6.11. The minimum absolute atomic E-state index is 0.149. The van der Waals surface area contributed by atoms with Gasteiger partial charge in [-0.25, -0.2) is 4.98 Å².